The molecular formula is C21H16N2O2S. The van der Waals surface area contributed by atoms with Crippen LogP contribution >= 0.6 is 11.8 Å². The average molecular weight is 360 g/mol. The number of hydrogen-bond donors (Lipinski definition) is 1. The summed E-state index contributed by atoms with van der Waals surface area (Å²) < 4.78 is 6.07. The first-order valence-electron chi connectivity index (χ1n) is 8.17. The fraction of sp³-hybridized carbons (Fsp3) is 0.0476. The van der Waals surface area contributed by atoms with E-state index in [4.69, 9.17) is 10.5 Å². The van der Waals surface area contributed by atoms with Gasteiger partial charge in [0.25, 0.3) is 5.91 Å². The Labute approximate surface area is 155 Å². The van der Waals surface area contributed by atoms with Gasteiger partial charge in [-0.1, -0.05) is 60.7 Å². The molecule has 0 saturated heterocycles. The highest BCUT2D eigenvalue weighted by atomic mass is 32.2. The molecule has 1 aliphatic rings. The van der Waals surface area contributed by atoms with Crippen molar-refractivity contribution in [2.75, 3.05) is 0 Å². The van der Waals surface area contributed by atoms with E-state index in [1.807, 2.05) is 42.5 Å². The number of nitrogens with two attached hydrogens (primary N) is 1. The second-order valence-electron chi connectivity index (χ2n) is 5.83. The van der Waals surface area contributed by atoms with Gasteiger partial charge >= 0.3 is 0 Å². The molecule has 26 heavy (non-hydrogen) atoms. The number of para-hydroxylation sites is 1. The lowest BCUT2D eigenvalue weighted by molar-refractivity contribution is -0.113. The Morgan fingerprint density at radius 3 is 2.62 bits per heavy atom. The first kappa shape index (κ1) is 16.4. The molecule has 0 atom stereocenters. The second-order valence-corrected chi connectivity index (χ2v) is 6.89. The lowest BCUT2D eigenvalue weighted by Crippen LogP contribution is -2.01. The van der Waals surface area contributed by atoms with Crippen molar-refractivity contribution in [2.24, 2.45) is 10.7 Å². The number of benzene rings is 3. The van der Waals surface area contributed by atoms with Crippen molar-refractivity contribution in [3.63, 3.8) is 0 Å². The molecule has 1 amide bonds. The van der Waals surface area contributed by atoms with Gasteiger partial charge in [0.2, 0.25) is 0 Å². The molecule has 0 spiro atoms. The predicted molar refractivity (Wildman–Crippen MR) is 107 cm³/mol. The van der Waals surface area contributed by atoms with Crippen LogP contribution in [0.2, 0.25) is 0 Å². The van der Waals surface area contributed by atoms with Gasteiger partial charge in [0.15, 0.2) is 5.17 Å². The van der Waals surface area contributed by atoms with Crippen LogP contribution in [-0.4, -0.2) is 11.1 Å². The van der Waals surface area contributed by atoms with Gasteiger partial charge in [0.1, 0.15) is 12.4 Å². The van der Waals surface area contributed by atoms with E-state index in [-0.39, 0.29) is 11.1 Å². The molecule has 3 aromatic rings. The van der Waals surface area contributed by atoms with E-state index in [1.54, 1.807) is 6.08 Å². The molecular weight excluding hydrogens is 344 g/mol. The minimum atomic E-state index is -0.309. The summed E-state index contributed by atoms with van der Waals surface area (Å²) in [5.41, 5.74) is 7.56. The van der Waals surface area contributed by atoms with E-state index in [2.05, 4.69) is 29.3 Å². The minimum Gasteiger partial charge on any atom is -0.488 e. The van der Waals surface area contributed by atoms with Gasteiger partial charge in [-0.15, -0.1) is 0 Å². The summed E-state index contributed by atoms with van der Waals surface area (Å²) in [7, 11) is 0. The Balaban J connectivity index is 1.60. The van der Waals surface area contributed by atoms with Crippen LogP contribution in [0.3, 0.4) is 0 Å². The first-order chi connectivity index (χ1) is 12.7. The molecule has 0 aliphatic carbocycles. The van der Waals surface area contributed by atoms with E-state index in [0.717, 1.165) is 11.1 Å². The highest BCUT2D eigenvalue weighted by Crippen LogP contribution is 2.30. The highest BCUT2D eigenvalue weighted by Gasteiger charge is 2.20. The maximum absolute atomic E-state index is 11.8. The number of aliphatic imine (C=N–C) groups is 1. The highest BCUT2D eigenvalue weighted by molar-refractivity contribution is 8.18. The van der Waals surface area contributed by atoms with Crippen LogP contribution in [0.4, 0.5) is 0 Å². The average Bonchev–Trinajstić information content (AvgIpc) is 2.98. The van der Waals surface area contributed by atoms with Crippen LogP contribution in [0.1, 0.15) is 11.1 Å². The molecule has 1 aliphatic heterocycles. The van der Waals surface area contributed by atoms with Crippen LogP contribution in [0, 0.1) is 0 Å². The Morgan fingerprint density at radius 1 is 1.00 bits per heavy atom. The first-order valence-corrected chi connectivity index (χ1v) is 8.99. The van der Waals surface area contributed by atoms with Crippen molar-refractivity contribution in [3.8, 4) is 5.75 Å². The lowest BCUT2D eigenvalue weighted by Gasteiger charge is -2.11. The molecule has 4 nitrogen and oxygen atoms in total. The summed E-state index contributed by atoms with van der Waals surface area (Å²) in [6.07, 6.45) is 1.77. The number of rotatable bonds is 4. The number of ether oxygens (including phenoxy) is 1. The van der Waals surface area contributed by atoms with E-state index in [9.17, 15) is 4.79 Å². The summed E-state index contributed by atoms with van der Waals surface area (Å²) in [5, 5.41) is 2.63. The van der Waals surface area contributed by atoms with Gasteiger partial charge in [-0.05, 0) is 40.2 Å². The van der Waals surface area contributed by atoms with Gasteiger partial charge in [-0.3, -0.25) is 4.79 Å². The number of amides is 1. The molecule has 0 fully saturated rings. The third kappa shape index (κ3) is 3.34. The van der Waals surface area contributed by atoms with Crippen molar-refractivity contribution < 1.29 is 9.53 Å². The van der Waals surface area contributed by atoms with Gasteiger partial charge in [0, 0.05) is 5.56 Å². The number of carbonyl (C=O) groups is 1. The SMILES string of the molecule is NC1=NC(=O)/C(=C\c2ccccc2OCc2cccc3ccccc23)S1. The number of thioether (sulfide) groups is 1. The largest absolute Gasteiger partial charge is 0.488 e. The molecule has 0 unspecified atom stereocenters. The minimum absolute atomic E-state index is 0.274. The summed E-state index contributed by atoms with van der Waals surface area (Å²) in [5.74, 6) is 0.406. The van der Waals surface area contributed by atoms with Gasteiger partial charge in [-0.25, -0.2) is 0 Å². The van der Waals surface area contributed by atoms with Crippen molar-refractivity contribution in [1.29, 1.82) is 0 Å². The molecule has 0 saturated carbocycles. The van der Waals surface area contributed by atoms with E-state index in [1.165, 1.54) is 22.5 Å². The molecule has 0 bridgehead atoms. The third-order valence-corrected chi connectivity index (χ3v) is 4.92. The van der Waals surface area contributed by atoms with Gasteiger partial charge in [-0.2, -0.15) is 4.99 Å². The summed E-state index contributed by atoms with van der Waals surface area (Å²) in [6.45, 7) is 0.446. The molecule has 0 aromatic heterocycles. The van der Waals surface area contributed by atoms with Gasteiger partial charge in [0.05, 0.1) is 4.91 Å². The van der Waals surface area contributed by atoms with Crippen LogP contribution in [0.25, 0.3) is 16.8 Å². The Morgan fingerprint density at radius 2 is 1.77 bits per heavy atom. The maximum atomic E-state index is 11.8. The topological polar surface area (TPSA) is 64.7 Å². The van der Waals surface area contributed by atoms with E-state index < -0.39 is 0 Å². The third-order valence-electron chi connectivity index (χ3n) is 4.11. The zero-order valence-corrected chi connectivity index (χ0v) is 14.7. The number of amidine groups is 1. The zero-order valence-electron chi connectivity index (χ0n) is 13.9. The molecule has 5 heteroatoms. The fourth-order valence-electron chi connectivity index (χ4n) is 2.87. The smallest absolute Gasteiger partial charge is 0.286 e. The monoisotopic (exact) mass is 360 g/mol. The summed E-state index contributed by atoms with van der Waals surface area (Å²) in [6, 6.07) is 22.0. The fourth-order valence-corrected chi connectivity index (χ4v) is 3.54. The Hall–Kier alpha value is -3.05. The molecule has 2 N–H and O–H groups in total. The number of carbonyl (C=O) groups excluding carboxylic acids is 1. The number of hydrogen-bond acceptors (Lipinski definition) is 4. The molecule has 3 aromatic carbocycles. The van der Waals surface area contributed by atoms with Gasteiger partial charge < -0.3 is 10.5 Å². The van der Waals surface area contributed by atoms with Crippen LogP contribution in [0.15, 0.2) is 76.6 Å². The maximum Gasteiger partial charge on any atom is 0.286 e. The van der Waals surface area contributed by atoms with Crippen molar-refractivity contribution >= 4 is 39.7 Å². The lowest BCUT2D eigenvalue weighted by atomic mass is 10.1. The van der Waals surface area contributed by atoms with Crippen molar-refractivity contribution in [2.45, 2.75) is 6.61 Å². The predicted octanol–water partition coefficient (Wildman–Crippen LogP) is 4.35. The number of fused-ring (bicyclic) bond motifs is 1. The standard InChI is InChI=1S/C21H16N2O2S/c22-21-23-20(24)19(26-21)12-15-7-2-4-11-18(15)25-13-16-9-5-8-14-6-1-3-10-17(14)16/h1-12H,13H2,(H2,22,23,24)/b19-12+. The zero-order chi connectivity index (χ0) is 17.9. The quantitative estimate of drug-likeness (QED) is 0.703. The second kappa shape index (κ2) is 7.06. The van der Waals surface area contributed by atoms with Crippen LogP contribution in [-0.2, 0) is 11.4 Å². The summed E-state index contributed by atoms with van der Waals surface area (Å²) in [4.78, 5) is 16.1. The Bertz CT molecular complexity index is 1050. The number of nitrogens with zero attached hydrogens (tertiary/aromatic N) is 1. The molecule has 4 rings (SSSR count). The summed E-state index contributed by atoms with van der Waals surface area (Å²) >= 11 is 1.18. The van der Waals surface area contributed by atoms with Crippen LogP contribution in [0.5, 0.6) is 5.75 Å². The van der Waals surface area contributed by atoms with E-state index >= 15 is 0 Å². The molecule has 128 valence electrons. The van der Waals surface area contributed by atoms with E-state index in [0.29, 0.717) is 17.3 Å². The van der Waals surface area contributed by atoms with Crippen molar-refractivity contribution in [1.82, 2.24) is 0 Å². The molecule has 0 radical (unpaired) electrons. The normalized spacial score (nSPS) is 15.5. The van der Waals surface area contributed by atoms with Crippen molar-refractivity contribution in [3.05, 3.63) is 82.8 Å². The molecule has 1 heterocycles. The van der Waals surface area contributed by atoms with Crippen LogP contribution < -0.4 is 10.5 Å². The Kier molecular flexibility index (Phi) is 4.46.